The maximum absolute atomic E-state index is 12.1. The number of para-hydroxylation sites is 1. The molecule has 0 aromatic heterocycles. The van der Waals surface area contributed by atoms with Crippen LogP contribution >= 0.6 is 0 Å². The van der Waals surface area contributed by atoms with Crippen molar-refractivity contribution >= 4 is 11.9 Å². The Morgan fingerprint density at radius 2 is 2.00 bits per heavy atom. The Balaban J connectivity index is 1.51. The highest BCUT2D eigenvalue weighted by Crippen LogP contribution is 2.31. The zero-order valence-corrected chi connectivity index (χ0v) is 13.3. The number of rotatable bonds is 4. The first kappa shape index (κ1) is 15.6. The van der Waals surface area contributed by atoms with Gasteiger partial charge in [-0.05, 0) is 18.9 Å². The molecule has 6 nitrogen and oxygen atoms in total. The third-order valence-corrected chi connectivity index (χ3v) is 4.39. The lowest BCUT2D eigenvalue weighted by atomic mass is 10.0. The largest absolute Gasteiger partial charge is 0.493 e. The number of carbonyl (C=O) groups is 1. The van der Waals surface area contributed by atoms with E-state index < -0.39 is 0 Å². The summed E-state index contributed by atoms with van der Waals surface area (Å²) in [6, 6.07) is 8.18. The van der Waals surface area contributed by atoms with E-state index in [4.69, 9.17) is 10.5 Å². The molecule has 1 saturated carbocycles. The Bertz CT molecular complexity index is 582. The molecule has 1 aliphatic carbocycles. The second-order valence-electron chi connectivity index (χ2n) is 6.12. The van der Waals surface area contributed by atoms with Crippen LogP contribution in [0.3, 0.4) is 0 Å². The van der Waals surface area contributed by atoms with E-state index in [2.05, 4.69) is 15.6 Å². The van der Waals surface area contributed by atoms with Crippen molar-refractivity contribution in [3.8, 4) is 5.75 Å². The number of benzene rings is 1. The molecule has 1 fully saturated rings. The van der Waals surface area contributed by atoms with Crippen LogP contribution in [0.25, 0.3) is 0 Å². The van der Waals surface area contributed by atoms with Crippen molar-refractivity contribution in [1.82, 2.24) is 10.6 Å². The lowest BCUT2D eigenvalue weighted by Gasteiger charge is -2.26. The van der Waals surface area contributed by atoms with Crippen molar-refractivity contribution in [2.45, 2.75) is 44.2 Å². The van der Waals surface area contributed by atoms with Gasteiger partial charge in [-0.3, -0.25) is 4.79 Å². The standard InChI is InChI=1S/C17H24N4O2/c18-17(20-12-5-1-2-6-12)19-11-16(22)21-14-9-10-23-15-8-4-3-7-13(14)15/h3-4,7-8,12,14H,1-2,5-6,9-11H2,(H,21,22)(H3,18,19,20). The van der Waals surface area contributed by atoms with Gasteiger partial charge in [0.15, 0.2) is 5.96 Å². The molecule has 1 amide bonds. The van der Waals surface area contributed by atoms with Crippen LogP contribution in [0.4, 0.5) is 0 Å². The third kappa shape index (κ3) is 4.15. The van der Waals surface area contributed by atoms with Gasteiger partial charge in [-0.1, -0.05) is 31.0 Å². The fraction of sp³-hybridized carbons (Fsp3) is 0.529. The Hall–Kier alpha value is -2.24. The van der Waals surface area contributed by atoms with E-state index in [0.29, 0.717) is 18.6 Å². The van der Waals surface area contributed by atoms with Gasteiger partial charge in [-0.15, -0.1) is 0 Å². The molecule has 1 atom stereocenters. The van der Waals surface area contributed by atoms with Crippen LogP contribution in [-0.4, -0.2) is 31.1 Å². The normalized spacial score (nSPS) is 21.4. The summed E-state index contributed by atoms with van der Waals surface area (Å²) in [5.74, 6) is 1.08. The van der Waals surface area contributed by atoms with Gasteiger partial charge < -0.3 is 21.1 Å². The molecule has 23 heavy (non-hydrogen) atoms. The van der Waals surface area contributed by atoms with Gasteiger partial charge in [-0.2, -0.15) is 0 Å². The number of nitrogens with one attached hydrogen (secondary N) is 2. The number of guanidine groups is 1. The van der Waals surface area contributed by atoms with Crippen LogP contribution in [0, 0.1) is 0 Å². The minimum absolute atomic E-state index is 0.0216. The number of nitrogens with zero attached hydrogens (tertiary/aromatic N) is 1. The van der Waals surface area contributed by atoms with E-state index in [9.17, 15) is 4.79 Å². The lowest BCUT2D eigenvalue weighted by molar-refractivity contribution is -0.120. The number of hydrogen-bond donors (Lipinski definition) is 3. The van der Waals surface area contributed by atoms with E-state index in [1.54, 1.807) is 0 Å². The molecule has 1 unspecified atom stereocenters. The summed E-state index contributed by atoms with van der Waals surface area (Å²) in [6.07, 6.45) is 5.48. The first-order valence-electron chi connectivity index (χ1n) is 8.30. The Morgan fingerprint density at radius 3 is 2.83 bits per heavy atom. The SMILES string of the molecule is NC(=NCC(=O)NC1CCOc2ccccc21)NC1CCCC1. The molecule has 0 radical (unpaired) electrons. The van der Waals surface area contributed by atoms with E-state index in [0.717, 1.165) is 30.6 Å². The van der Waals surface area contributed by atoms with Crippen LogP contribution < -0.4 is 21.1 Å². The highest BCUT2D eigenvalue weighted by Gasteiger charge is 2.22. The summed E-state index contributed by atoms with van der Waals surface area (Å²) >= 11 is 0. The van der Waals surface area contributed by atoms with Gasteiger partial charge in [0.2, 0.25) is 5.91 Å². The Labute approximate surface area is 136 Å². The third-order valence-electron chi connectivity index (χ3n) is 4.39. The summed E-state index contributed by atoms with van der Waals surface area (Å²) in [4.78, 5) is 16.3. The predicted molar refractivity (Wildman–Crippen MR) is 89.3 cm³/mol. The van der Waals surface area contributed by atoms with E-state index in [1.165, 1.54) is 12.8 Å². The van der Waals surface area contributed by atoms with Crippen molar-refractivity contribution in [1.29, 1.82) is 0 Å². The summed E-state index contributed by atoms with van der Waals surface area (Å²) < 4.78 is 5.60. The molecule has 4 N–H and O–H groups in total. The molecular formula is C17H24N4O2. The van der Waals surface area contributed by atoms with Gasteiger partial charge in [0, 0.05) is 18.0 Å². The minimum atomic E-state index is -0.122. The molecule has 0 bridgehead atoms. The highest BCUT2D eigenvalue weighted by molar-refractivity contribution is 5.84. The fourth-order valence-electron chi connectivity index (χ4n) is 3.21. The molecule has 0 saturated heterocycles. The molecule has 6 heteroatoms. The van der Waals surface area contributed by atoms with Gasteiger partial charge >= 0.3 is 0 Å². The zero-order chi connectivity index (χ0) is 16.1. The van der Waals surface area contributed by atoms with E-state index >= 15 is 0 Å². The lowest BCUT2D eigenvalue weighted by Crippen LogP contribution is -2.40. The van der Waals surface area contributed by atoms with Crippen molar-refractivity contribution in [3.05, 3.63) is 29.8 Å². The molecule has 124 valence electrons. The number of carbonyl (C=O) groups excluding carboxylic acids is 1. The molecule has 0 spiro atoms. The summed E-state index contributed by atoms with van der Waals surface area (Å²) in [6.45, 7) is 0.654. The van der Waals surface area contributed by atoms with Crippen molar-refractivity contribution in [2.24, 2.45) is 10.7 Å². The molecule has 1 aromatic rings. The zero-order valence-electron chi connectivity index (χ0n) is 13.3. The first-order valence-corrected chi connectivity index (χ1v) is 8.30. The first-order chi connectivity index (χ1) is 11.2. The quantitative estimate of drug-likeness (QED) is 0.580. The number of fused-ring (bicyclic) bond motifs is 1. The van der Waals surface area contributed by atoms with E-state index in [-0.39, 0.29) is 18.5 Å². The molecule has 2 aliphatic rings. The number of ether oxygens (including phenoxy) is 1. The van der Waals surface area contributed by atoms with Crippen molar-refractivity contribution < 1.29 is 9.53 Å². The van der Waals surface area contributed by atoms with Crippen LogP contribution in [0.15, 0.2) is 29.3 Å². The van der Waals surface area contributed by atoms with Crippen LogP contribution in [0.5, 0.6) is 5.75 Å². The van der Waals surface area contributed by atoms with E-state index in [1.807, 2.05) is 24.3 Å². The molecule has 1 aliphatic heterocycles. The predicted octanol–water partition coefficient (Wildman–Crippen LogP) is 1.47. The summed E-state index contributed by atoms with van der Waals surface area (Å²) in [5.41, 5.74) is 6.87. The maximum atomic E-state index is 12.1. The van der Waals surface area contributed by atoms with Crippen molar-refractivity contribution in [3.63, 3.8) is 0 Å². The Morgan fingerprint density at radius 1 is 1.22 bits per heavy atom. The van der Waals surface area contributed by atoms with Crippen LogP contribution in [-0.2, 0) is 4.79 Å². The smallest absolute Gasteiger partial charge is 0.242 e. The molecule has 1 aromatic carbocycles. The monoisotopic (exact) mass is 316 g/mol. The highest BCUT2D eigenvalue weighted by atomic mass is 16.5. The van der Waals surface area contributed by atoms with Gasteiger partial charge in [0.05, 0.1) is 12.6 Å². The summed E-state index contributed by atoms with van der Waals surface area (Å²) in [7, 11) is 0. The molecule has 3 rings (SSSR count). The van der Waals surface area contributed by atoms with Gasteiger partial charge in [-0.25, -0.2) is 4.99 Å². The van der Waals surface area contributed by atoms with Crippen molar-refractivity contribution in [2.75, 3.05) is 13.2 Å². The number of nitrogens with two attached hydrogens (primary N) is 1. The topological polar surface area (TPSA) is 88.7 Å². The number of hydrogen-bond acceptors (Lipinski definition) is 3. The Kier molecular flexibility index (Phi) is 5.00. The average molecular weight is 316 g/mol. The van der Waals surface area contributed by atoms with Crippen LogP contribution in [0.2, 0.25) is 0 Å². The number of amides is 1. The molecular weight excluding hydrogens is 292 g/mol. The molecule has 1 heterocycles. The summed E-state index contributed by atoms with van der Waals surface area (Å²) in [5, 5.41) is 6.20. The maximum Gasteiger partial charge on any atom is 0.242 e. The van der Waals surface area contributed by atoms with Crippen LogP contribution in [0.1, 0.15) is 43.7 Å². The second-order valence-corrected chi connectivity index (χ2v) is 6.12. The van der Waals surface area contributed by atoms with Gasteiger partial charge in [0.1, 0.15) is 12.3 Å². The minimum Gasteiger partial charge on any atom is -0.493 e. The number of aliphatic imine (C=N–C) groups is 1. The second kappa shape index (κ2) is 7.35. The fourth-order valence-corrected chi connectivity index (χ4v) is 3.21. The average Bonchev–Trinajstić information content (AvgIpc) is 3.06. The van der Waals surface area contributed by atoms with Gasteiger partial charge in [0.25, 0.3) is 0 Å².